The van der Waals surface area contributed by atoms with Gasteiger partial charge in [0.15, 0.2) is 0 Å². The summed E-state index contributed by atoms with van der Waals surface area (Å²) < 4.78 is 5.11. The number of carbonyl (C=O) groups is 1. The number of amides is 1. The van der Waals surface area contributed by atoms with E-state index in [9.17, 15) is 9.90 Å². The number of aromatic hydroxyl groups is 1. The summed E-state index contributed by atoms with van der Waals surface area (Å²) in [6.07, 6.45) is 3.99. The molecule has 0 aliphatic rings. The second kappa shape index (κ2) is 8.63. The first-order chi connectivity index (χ1) is 11.2. The molecule has 4 nitrogen and oxygen atoms in total. The molecule has 23 heavy (non-hydrogen) atoms. The van der Waals surface area contributed by atoms with Gasteiger partial charge in [0.25, 0.3) is 0 Å². The molecule has 0 aliphatic carbocycles. The Morgan fingerprint density at radius 3 is 2.74 bits per heavy atom. The molecule has 0 heterocycles. The van der Waals surface area contributed by atoms with Gasteiger partial charge in [-0.3, -0.25) is 0 Å². The molecule has 0 saturated heterocycles. The van der Waals surface area contributed by atoms with Crippen molar-refractivity contribution in [2.24, 2.45) is 0 Å². The molecule has 0 atom stereocenters. The molecule has 120 valence electrons. The Hall–Kier alpha value is -2.75. The first-order valence-corrected chi connectivity index (χ1v) is 7.56. The fourth-order valence-corrected chi connectivity index (χ4v) is 2.06. The lowest BCUT2D eigenvalue weighted by molar-refractivity contribution is 0.140. The summed E-state index contributed by atoms with van der Waals surface area (Å²) in [6, 6.07) is 15.1. The van der Waals surface area contributed by atoms with Gasteiger partial charge in [-0.2, -0.15) is 0 Å². The van der Waals surface area contributed by atoms with E-state index in [0.717, 1.165) is 16.7 Å². The third-order valence-electron chi connectivity index (χ3n) is 3.36. The molecule has 0 fully saturated rings. The Kier molecular flexibility index (Phi) is 6.24. The Morgan fingerprint density at radius 1 is 1.17 bits per heavy atom. The predicted octanol–water partition coefficient (Wildman–Crippen LogP) is 4.03. The summed E-state index contributed by atoms with van der Waals surface area (Å²) in [4.78, 5) is 11.6. The number of alkyl carbamates (subject to hydrolysis) is 1. The van der Waals surface area contributed by atoms with Gasteiger partial charge < -0.3 is 15.2 Å². The molecule has 0 unspecified atom stereocenters. The molecule has 2 rings (SSSR count). The van der Waals surface area contributed by atoms with Gasteiger partial charge in [0.05, 0.1) is 0 Å². The topological polar surface area (TPSA) is 58.6 Å². The molecule has 0 radical (unpaired) electrons. The van der Waals surface area contributed by atoms with E-state index in [1.54, 1.807) is 0 Å². The zero-order valence-electron chi connectivity index (χ0n) is 13.2. The highest BCUT2D eigenvalue weighted by Gasteiger charge is 2.01. The van der Waals surface area contributed by atoms with E-state index in [2.05, 4.69) is 5.32 Å². The monoisotopic (exact) mass is 311 g/mol. The molecule has 0 aliphatic heterocycles. The minimum atomic E-state index is -0.430. The summed E-state index contributed by atoms with van der Waals surface area (Å²) in [5.74, 6) is 0.291. The van der Waals surface area contributed by atoms with Crippen molar-refractivity contribution in [1.82, 2.24) is 5.32 Å². The van der Waals surface area contributed by atoms with Crippen molar-refractivity contribution in [2.75, 3.05) is 6.54 Å². The lowest BCUT2D eigenvalue weighted by atomic mass is 10.1. The van der Waals surface area contributed by atoms with E-state index in [4.69, 9.17) is 4.74 Å². The molecular weight excluding hydrogens is 290 g/mol. The number of hydrogen-bond acceptors (Lipinski definition) is 3. The highest BCUT2D eigenvalue weighted by Crippen LogP contribution is 2.22. The van der Waals surface area contributed by atoms with Crippen LogP contribution in [0.15, 0.2) is 54.6 Å². The number of hydrogen-bond donors (Lipinski definition) is 2. The van der Waals surface area contributed by atoms with E-state index < -0.39 is 6.09 Å². The van der Waals surface area contributed by atoms with Gasteiger partial charge >= 0.3 is 6.09 Å². The van der Waals surface area contributed by atoms with Crippen LogP contribution >= 0.6 is 0 Å². The van der Waals surface area contributed by atoms with Crippen molar-refractivity contribution >= 4 is 12.2 Å². The predicted molar refractivity (Wildman–Crippen MR) is 91.1 cm³/mol. The SMILES string of the molecule is Cc1cccc(C=CCCNC(=O)OCc2ccccc2)c1O. The summed E-state index contributed by atoms with van der Waals surface area (Å²) in [6.45, 7) is 2.60. The van der Waals surface area contributed by atoms with Crippen molar-refractivity contribution in [3.05, 3.63) is 71.3 Å². The molecular formula is C19H21NO3. The number of ether oxygens (including phenoxy) is 1. The number of phenolic OH excluding ortho intramolecular Hbond substituents is 1. The average molecular weight is 311 g/mol. The van der Waals surface area contributed by atoms with Crippen LogP contribution in [0.2, 0.25) is 0 Å². The molecule has 0 aromatic heterocycles. The van der Waals surface area contributed by atoms with Crippen molar-refractivity contribution in [1.29, 1.82) is 0 Å². The van der Waals surface area contributed by atoms with Crippen LogP contribution < -0.4 is 5.32 Å². The van der Waals surface area contributed by atoms with Crippen molar-refractivity contribution in [3.8, 4) is 5.75 Å². The van der Waals surface area contributed by atoms with E-state index in [1.165, 1.54) is 0 Å². The van der Waals surface area contributed by atoms with Crippen LogP contribution in [0.5, 0.6) is 5.75 Å². The second-order valence-electron chi connectivity index (χ2n) is 5.19. The first kappa shape index (κ1) is 16.6. The van der Waals surface area contributed by atoms with Crippen molar-refractivity contribution in [2.45, 2.75) is 20.0 Å². The molecule has 0 spiro atoms. The van der Waals surface area contributed by atoms with E-state index in [1.807, 2.05) is 67.6 Å². The number of phenols is 1. The first-order valence-electron chi connectivity index (χ1n) is 7.56. The number of para-hydroxylation sites is 1. The van der Waals surface area contributed by atoms with Crippen LogP contribution in [0.25, 0.3) is 6.08 Å². The maximum atomic E-state index is 11.6. The van der Waals surface area contributed by atoms with Crippen molar-refractivity contribution in [3.63, 3.8) is 0 Å². The number of rotatable bonds is 6. The number of aryl methyl sites for hydroxylation is 1. The van der Waals surface area contributed by atoms with Crippen LogP contribution in [-0.4, -0.2) is 17.7 Å². The normalized spacial score (nSPS) is 10.7. The quantitative estimate of drug-likeness (QED) is 0.792. The van der Waals surface area contributed by atoms with E-state index in [-0.39, 0.29) is 6.61 Å². The summed E-state index contributed by atoms with van der Waals surface area (Å²) in [5.41, 5.74) is 2.57. The van der Waals surface area contributed by atoms with Gasteiger partial charge in [-0.15, -0.1) is 0 Å². The molecule has 2 aromatic carbocycles. The largest absolute Gasteiger partial charge is 0.507 e. The number of benzene rings is 2. The van der Waals surface area contributed by atoms with E-state index in [0.29, 0.717) is 18.7 Å². The van der Waals surface area contributed by atoms with Crippen LogP contribution in [0.4, 0.5) is 4.79 Å². The Morgan fingerprint density at radius 2 is 1.96 bits per heavy atom. The van der Waals surface area contributed by atoms with Crippen LogP contribution in [-0.2, 0) is 11.3 Å². The van der Waals surface area contributed by atoms with Gasteiger partial charge in [0.1, 0.15) is 12.4 Å². The lowest BCUT2D eigenvalue weighted by Gasteiger charge is -2.06. The fraction of sp³-hybridized carbons (Fsp3) is 0.211. The van der Waals surface area contributed by atoms with Gasteiger partial charge in [0, 0.05) is 12.1 Å². The summed E-state index contributed by atoms with van der Waals surface area (Å²) in [5, 5.41) is 12.6. The second-order valence-corrected chi connectivity index (χ2v) is 5.19. The van der Waals surface area contributed by atoms with Gasteiger partial charge in [0.2, 0.25) is 0 Å². The number of carbonyl (C=O) groups excluding carboxylic acids is 1. The standard InChI is InChI=1S/C19H21NO3/c1-15-8-7-12-17(18(15)21)11-5-6-13-20-19(22)23-14-16-9-3-2-4-10-16/h2-5,7-12,21H,6,13-14H2,1H3,(H,20,22). The Bertz CT molecular complexity index is 666. The van der Waals surface area contributed by atoms with Crippen LogP contribution in [0.1, 0.15) is 23.1 Å². The summed E-state index contributed by atoms with van der Waals surface area (Å²) >= 11 is 0. The van der Waals surface area contributed by atoms with Gasteiger partial charge in [-0.1, -0.05) is 60.7 Å². The molecule has 0 bridgehead atoms. The van der Waals surface area contributed by atoms with Crippen LogP contribution in [0.3, 0.4) is 0 Å². The molecule has 2 aromatic rings. The molecule has 1 amide bonds. The van der Waals surface area contributed by atoms with Crippen molar-refractivity contribution < 1.29 is 14.6 Å². The third-order valence-corrected chi connectivity index (χ3v) is 3.36. The molecule has 2 N–H and O–H groups in total. The third kappa shape index (κ3) is 5.51. The molecule has 4 heteroatoms. The highest BCUT2D eigenvalue weighted by atomic mass is 16.5. The minimum Gasteiger partial charge on any atom is -0.507 e. The minimum absolute atomic E-state index is 0.264. The fourth-order valence-electron chi connectivity index (χ4n) is 2.06. The summed E-state index contributed by atoms with van der Waals surface area (Å²) in [7, 11) is 0. The highest BCUT2D eigenvalue weighted by molar-refractivity contribution is 5.67. The van der Waals surface area contributed by atoms with Gasteiger partial charge in [-0.25, -0.2) is 4.79 Å². The average Bonchev–Trinajstić information content (AvgIpc) is 2.57. The number of nitrogens with one attached hydrogen (secondary N) is 1. The molecule has 0 saturated carbocycles. The van der Waals surface area contributed by atoms with Crippen LogP contribution in [0, 0.1) is 6.92 Å². The Balaban J connectivity index is 1.67. The van der Waals surface area contributed by atoms with E-state index >= 15 is 0 Å². The maximum Gasteiger partial charge on any atom is 0.407 e. The Labute approximate surface area is 136 Å². The maximum absolute atomic E-state index is 11.6. The van der Waals surface area contributed by atoms with Gasteiger partial charge in [-0.05, 0) is 24.5 Å². The smallest absolute Gasteiger partial charge is 0.407 e. The zero-order chi connectivity index (χ0) is 16.5. The lowest BCUT2D eigenvalue weighted by Crippen LogP contribution is -2.24. The zero-order valence-corrected chi connectivity index (χ0v) is 13.2.